The summed E-state index contributed by atoms with van der Waals surface area (Å²) in [7, 11) is 0. The minimum Gasteiger partial charge on any atom is -0.356 e. The van der Waals surface area contributed by atoms with Gasteiger partial charge in [0, 0.05) is 25.8 Å². The highest BCUT2D eigenvalue weighted by molar-refractivity contribution is 6.30. The second-order valence-corrected chi connectivity index (χ2v) is 6.44. The van der Waals surface area contributed by atoms with Crippen LogP contribution in [0.25, 0.3) is 5.65 Å². The Morgan fingerprint density at radius 3 is 3.13 bits per heavy atom. The smallest absolute Gasteiger partial charge is 0.231 e. The molecule has 0 aliphatic carbocycles. The van der Waals surface area contributed by atoms with Gasteiger partial charge in [0.15, 0.2) is 5.65 Å². The maximum atomic E-state index is 12.3. The minimum atomic E-state index is 0.00661. The van der Waals surface area contributed by atoms with Crippen molar-refractivity contribution in [3.8, 4) is 0 Å². The van der Waals surface area contributed by atoms with Gasteiger partial charge in [0.05, 0.1) is 10.9 Å². The van der Waals surface area contributed by atoms with Gasteiger partial charge in [-0.2, -0.15) is 0 Å². The third-order valence-electron chi connectivity index (χ3n) is 4.25. The van der Waals surface area contributed by atoms with E-state index in [2.05, 4.69) is 27.3 Å². The Morgan fingerprint density at radius 2 is 2.30 bits per heavy atom. The first-order valence-electron chi connectivity index (χ1n) is 8.22. The zero-order valence-corrected chi connectivity index (χ0v) is 14.1. The van der Waals surface area contributed by atoms with Crippen molar-refractivity contribution in [3.63, 3.8) is 0 Å². The van der Waals surface area contributed by atoms with Gasteiger partial charge in [-0.15, -0.1) is 10.2 Å². The number of fused-ring (bicyclic) bond motifs is 1. The molecule has 2 aromatic heterocycles. The van der Waals surface area contributed by atoms with E-state index in [-0.39, 0.29) is 11.8 Å². The van der Waals surface area contributed by atoms with Crippen LogP contribution in [0.4, 0.5) is 5.95 Å². The van der Waals surface area contributed by atoms with Crippen LogP contribution in [-0.4, -0.2) is 40.1 Å². The van der Waals surface area contributed by atoms with E-state index < -0.39 is 0 Å². The van der Waals surface area contributed by atoms with E-state index in [1.54, 1.807) is 6.07 Å². The van der Waals surface area contributed by atoms with E-state index in [0.29, 0.717) is 11.6 Å². The van der Waals surface area contributed by atoms with Crippen molar-refractivity contribution in [2.45, 2.75) is 32.6 Å². The number of hydrogen-bond acceptors (Lipinski definition) is 4. The third-order valence-corrected chi connectivity index (χ3v) is 4.48. The quantitative estimate of drug-likeness (QED) is 0.853. The number of carbonyl (C=O) groups excluding carboxylic acids is 1. The molecular formula is C16H22ClN5O. The number of piperidine rings is 1. The number of aromatic nitrogens is 3. The van der Waals surface area contributed by atoms with Crippen LogP contribution in [0.3, 0.4) is 0 Å². The average Bonchev–Trinajstić information content (AvgIpc) is 2.98. The van der Waals surface area contributed by atoms with Gasteiger partial charge in [-0.05, 0) is 31.4 Å². The zero-order valence-electron chi connectivity index (χ0n) is 13.3. The van der Waals surface area contributed by atoms with Crippen LogP contribution in [0.2, 0.25) is 5.02 Å². The largest absolute Gasteiger partial charge is 0.356 e. The van der Waals surface area contributed by atoms with Crippen molar-refractivity contribution in [2.75, 3.05) is 24.5 Å². The number of rotatable bonds is 5. The highest BCUT2D eigenvalue weighted by Gasteiger charge is 2.27. The lowest BCUT2D eigenvalue weighted by molar-refractivity contribution is -0.125. The van der Waals surface area contributed by atoms with E-state index >= 15 is 0 Å². The first-order chi connectivity index (χ1) is 11.2. The molecule has 124 valence electrons. The number of unbranched alkanes of at least 4 members (excludes halogenated alkanes) is 1. The highest BCUT2D eigenvalue weighted by atomic mass is 35.5. The van der Waals surface area contributed by atoms with Gasteiger partial charge >= 0.3 is 0 Å². The predicted molar refractivity (Wildman–Crippen MR) is 90.9 cm³/mol. The first kappa shape index (κ1) is 16.1. The summed E-state index contributed by atoms with van der Waals surface area (Å²) < 4.78 is 1.89. The summed E-state index contributed by atoms with van der Waals surface area (Å²) in [5, 5.41) is 12.1. The predicted octanol–water partition coefficient (Wildman–Crippen LogP) is 2.52. The Morgan fingerprint density at radius 1 is 1.43 bits per heavy atom. The summed E-state index contributed by atoms with van der Waals surface area (Å²) in [6.45, 7) is 4.43. The van der Waals surface area contributed by atoms with Crippen molar-refractivity contribution in [1.29, 1.82) is 0 Å². The van der Waals surface area contributed by atoms with Crippen molar-refractivity contribution >= 4 is 29.1 Å². The molecule has 6 nitrogen and oxygen atoms in total. The molecule has 0 spiro atoms. The van der Waals surface area contributed by atoms with E-state index in [9.17, 15) is 4.79 Å². The number of amides is 1. The first-order valence-corrected chi connectivity index (χ1v) is 8.59. The van der Waals surface area contributed by atoms with Crippen molar-refractivity contribution in [1.82, 2.24) is 19.9 Å². The molecular weight excluding hydrogens is 314 g/mol. The van der Waals surface area contributed by atoms with Crippen LogP contribution in [-0.2, 0) is 4.79 Å². The summed E-state index contributed by atoms with van der Waals surface area (Å²) in [5.74, 6) is 0.913. The van der Waals surface area contributed by atoms with Gasteiger partial charge < -0.3 is 10.2 Å². The second kappa shape index (κ2) is 7.17. The van der Waals surface area contributed by atoms with Crippen LogP contribution in [0.15, 0.2) is 18.3 Å². The fourth-order valence-corrected chi connectivity index (χ4v) is 3.13. The molecule has 1 amide bonds. The molecule has 1 aliphatic heterocycles. The number of anilines is 1. The number of halogens is 1. The lowest BCUT2D eigenvalue weighted by Crippen LogP contribution is -2.44. The number of nitrogens with one attached hydrogen (secondary N) is 1. The van der Waals surface area contributed by atoms with E-state index in [1.165, 1.54) is 0 Å². The number of hydrogen-bond donors (Lipinski definition) is 1. The molecule has 3 rings (SSSR count). The van der Waals surface area contributed by atoms with Gasteiger partial charge in [-0.3, -0.25) is 9.20 Å². The third kappa shape index (κ3) is 3.58. The lowest BCUT2D eigenvalue weighted by atomic mass is 9.97. The standard InChI is InChI=1S/C16H22ClN5O/c1-2-3-8-18-15(23)12-5-4-9-21(10-12)16-20-19-14-7-6-13(17)11-22(14)16/h6-7,11-12H,2-5,8-10H2,1H3,(H,18,23)/t12-/m1/s1. The fourth-order valence-electron chi connectivity index (χ4n) is 2.97. The summed E-state index contributed by atoms with van der Waals surface area (Å²) >= 11 is 6.08. The summed E-state index contributed by atoms with van der Waals surface area (Å²) in [5.41, 5.74) is 0.763. The number of carbonyl (C=O) groups is 1. The topological polar surface area (TPSA) is 62.5 Å². The van der Waals surface area contributed by atoms with Gasteiger partial charge in [0.2, 0.25) is 11.9 Å². The Bertz CT molecular complexity index is 686. The molecule has 0 radical (unpaired) electrons. The molecule has 3 heterocycles. The van der Waals surface area contributed by atoms with E-state index in [4.69, 9.17) is 11.6 Å². The van der Waals surface area contributed by atoms with Crippen LogP contribution in [0.1, 0.15) is 32.6 Å². The van der Waals surface area contributed by atoms with Gasteiger partial charge in [-0.25, -0.2) is 0 Å². The summed E-state index contributed by atoms with van der Waals surface area (Å²) in [6.07, 6.45) is 5.82. The summed E-state index contributed by atoms with van der Waals surface area (Å²) in [4.78, 5) is 14.4. The molecule has 0 bridgehead atoms. The van der Waals surface area contributed by atoms with Crippen LogP contribution in [0.5, 0.6) is 0 Å². The van der Waals surface area contributed by atoms with E-state index in [0.717, 1.165) is 50.4 Å². The Hall–Kier alpha value is -1.82. The SMILES string of the molecule is CCCCNC(=O)[C@@H]1CCCN(c2nnc3ccc(Cl)cn23)C1. The molecule has 1 fully saturated rings. The highest BCUT2D eigenvalue weighted by Crippen LogP contribution is 2.23. The molecule has 23 heavy (non-hydrogen) atoms. The molecule has 7 heteroatoms. The molecule has 1 saturated heterocycles. The second-order valence-electron chi connectivity index (χ2n) is 6.01. The normalized spacial score (nSPS) is 18.3. The number of nitrogens with zero attached hydrogens (tertiary/aromatic N) is 4. The van der Waals surface area contributed by atoms with Gasteiger partial charge in [-0.1, -0.05) is 24.9 Å². The lowest BCUT2D eigenvalue weighted by Gasteiger charge is -2.32. The molecule has 2 aromatic rings. The average molecular weight is 336 g/mol. The monoisotopic (exact) mass is 335 g/mol. The maximum Gasteiger partial charge on any atom is 0.231 e. The fraction of sp³-hybridized carbons (Fsp3) is 0.562. The Balaban J connectivity index is 1.72. The number of pyridine rings is 1. The van der Waals surface area contributed by atoms with Gasteiger partial charge in [0.1, 0.15) is 0 Å². The molecule has 0 aromatic carbocycles. The van der Waals surface area contributed by atoms with Crippen molar-refractivity contribution in [3.05, 3.63) is 23.4 Å². The minimum absolute atomic E-state index is 0.00661. The maximum absolute atomic E-state index is 12.3. The van der Waals surface area contributed by atoms with Crippen LogP contribution >= 0.6 is 11.6 Å². The van der Waals surface area contributed by atoms with E-state index in [1.807, 2.05) is 16.7 Å². The van der Waals surface area contributed by atoms with Gasteiger partial charge in [0.25, 0.3) is 0 Å². The van der Waals surface area contributed by atoms with Crippen LogP contribution in [0, 0.1) is 5.92 Å². The molecule has 1 atom stereocenters. The Labute approximate surface area is 140 Å². The summed E-state index contributed by atoms with van der Waals surface area (Å²) in [6, 6.07) is 3.65. The molecule has 0 saturated carbocycles. The molecule has 1 aliphatic rings. The van der Waals surface area contributed by atoms with Crippen molar-refractivity contribution < 1.29 is 4.79 Å². The Kier molecular flexibility index (Phi) is 5.00. The molecule has 1 N–H and O–H groups in total. The van der Waals surface area contributed by atoms with Crippen molar-refractivity contribution in [2.24, 2.45) is 5.92 Å². The van der Waals surface area contributed by atoms with Crippen LogP contribution < -0.4 is 10.2 Å². The molecule has 0 unspecified atom stereocenters. The zero-order chi connectivity index (χ0) is 16.2.